The first kappa shape index (κ1) is 13.7. The highest BCUT2D eigenvalue weighted by Gasteiger charge is 2.27. The van der Waals surface area contributed by atoms with Gasteiger partial charge in [-0.3, -0.25) is 4.79 Å². The van der Waals surface area contributed by atoms with Crippen LogP contribution in [-0.4, -0.2) is 27.7 Å². The number of hydrogen-bond donors (Lipinski definition) is 0. The lowest BCUT2D eigenvalue weighted by Gasteiger charge is -2.13. The van der Waals surface area contributed by atoms with Crippen LogP contribution in [0.25, 0.3) is 11.3 Å². The molecule has 114 valence electrons. The normalized spacial score (nSPS) is 13.0. The Balaban J connectivity index is 1.75. The maximum atomic E-state index is 12.6. The van der Waals surface area contributed by atoms with E-state index >= 15 is 0 Å². The van der Waals surface area contributed by atoms with Gasteiger partial charge in [0.1, 0.15) is 5.71 Å². The Morgan fingerprint density at radius 3 is 2.78 bits per heavy atom. The number of ether oxygens (including phenoxy) is 1. The first-order chi connectivity index (χ1) is 11.3. The van der Waals surface area contributed by atoms with E-state index in [1.165, 1.54) is 0 Å². The van der Waals surface area contributed by atoms with Crippen LogP contribution in [-0.2, 0) is 6.54 Å². The summed E-state index contributed by atoms with van der Waals surface area (Å²) >= 11 is 0. The van der Waals surface area contributed by atoms with Crippen LogP contribution >= 0.6 is 0 Å². The van der Waals surface area contributed by atoms with E-state index in [0.717, 1.165) is 11.3 Å². The van der Waals surface area contributed by atoms with Crippen molar-refractivity contribution in [2.45, 2.75) is 13.5 Å². The molecule has 0 saturated carbocycles. The van der Waals surface area contributed by atoms with Crippen molar-refractivity contribution in [2.24, 2.45) is 4.99 Å². The number of benzene rings is 1. The summed E-state index contributed by atoms with van der Waals surface area (Å²) < 4.78 is 7.56. The van der Waals surface area contributed by atoms with Gasteiger partial charge in [-0.1, -0.05) is 36.4 Å². The number of carbonyl (C=O) groups is 1. The van der Waals surface area contributed by atoms with Crippen molar-refractivity contribution in [1.82, 2.24) is 9.55 Å². The fraction of sp³-hybridized carbons (Fsp3) is 0.167. The molecule has 23 heavy (non-hydrogen) atoms. The number of fused-ring (bicyclic) bond motifs is 3. The first-order valence-electron chi connectivity index (χ1n) is 7.57. The van der Waals surface area contributed by atoms with Gasteiger partial charge in [-0.05, 0) is 19.1 Å². The average molecular weight is 305 g/mol. The summed E-state index contributed by atoms with van der Waals surface area (Å²) in [5, 5.41) is 0. The third-order valence-corrected chi connectivity index (χ3v) is 3.88. The summed E-state index contributed by atoms with van der Waals surface area (Å²) in [5.74, 6) is 1.02. The molecule has 5 nitrogen and oxygen atoms in total. The third-order valence-electron chi connectivity index (χ3n) is 3.88. The lowest BCUT2D eigenvalue weighted by Crippen LogP contribution is -2.17. The number of aliphatic imine (C=N–C) groups is 1. The molecule has 0 unspecified atom stereocenters. The minimum Gasteiger partial charge on any atom is -0.477 e. The Labute approximate surface area is 133 Å². The van der Waals surface area contributed by atoms with E-state index in [2.05, 4.69) is 9.98 Å². The van der Waals surface area contributed by atoms with Gasteiger partial charge in [0.2, 0.25) is 17.6 Å². The van der Waals surface area contributed by atoms with E-state index in [-0.39, 0.29) is 5.78 Å². The first-order valence-corrected chi connectivity index (χ1v) is 7.57. The molecule has 1 aromatic rings. The molecular formula is C18H15N3O2. The van der Waals surface area contributed by atoms with E-state index in [4.69, 9.17) is 4.74 Å². The predicted molar refractivity (Wildman–Crippen MR) is 87.9 cm³/mol. The zero-order valence-corrected chi connectivity index (χ0v) is 12.7. The third kappa shape index (κ3) is 2.21. The van der Waals surface area contributed by atoms with Crippen molar-refractivity contribution in [3.05, 3.63) is 54.1 Å². The topological polar surface area (TPSA) is 56.5 Å². The molecule has 1 aliphatic carbocycles. The van der Waals surface area contributed by atoms with Crippen LogP contribution in [0.5, 0.6) is 5.88 Å². The number of ketones is 1. The molecule has 0 N–H and O–H groups in total. The summed E-state index contributed by atoms with van der Waals surface area (Å²) in [6.45, 7) is 2.89. The minimum atomic E-state index is -0.0613. The van der Waals surface area contributed by atoms with E-state index in [9.17, 15) is 4.79 Å². The van der Waals surface area contributed by atoms with Crippen LogP contribution in [0.3, 0.4) is 0 Å². The Kier molecular flexibility index (Phi) is 3.19. The molecule has 0 spiro atoms. The van der Waals surface area contributed by atoms with Gasteiger partial charge in [-0.25, -0.2) is 4.99 Å². The molecule has 0 fully saturated rings. The molecular weight excluding hydrogens is 290 g/mol. The van der Waals surface area contributed by atoms with Crippen LogP contribution in [0.1, 0.15) is 17.3 Å². The maximum absolute atomic E-state index is 12.6. The minimum absolute atomic E-state index is 0.0613. The van der Waals surface area contributed by atoms with Gasteiger partial charge in [0, 0.05) is 5.56 Å². The van der Waals surface area contributed by atoms with Crippen LogP contribution in [0.4, 0.5) is 5.95 Å². The van der Waals surface area contributed by atoms with Crippen molar-refractivity contribution < 1.29 is 9.53 Å². The summed E-state index contributed by atoms with van der Waals surface area (Å²) in [5.41, 5.74) is 3.07. The second kappa shape index (κ2) is 5.35. The monoisotopic (exact) mass is 305 g/mol. The smallest absolute Gasteiger partial charge is 0.234 e. The molecule has 2 heterocycles. The molecule has 4 rings (SSSR count). The second-order valence-corrected chi connectivity index (χ2v) is 5.31. The fourth-order valence-corrected chi connectivity index (χ4v) is 2.82. The number of carbonyl (C=O) groups excluding carboxylic acids is 1. The van der Waals surface area contributed by atoms with Gasteiger partial charge >= 0.3 is 0 Å². The van der Waals surface area contributed by atoms with Crippen molar-refractivity contribution >= 4 is 17.4 Å². The highest BCUT2D eigenvalue weighted by molar-refractivity contribution is 6.46. The van der Waals surface area contributed by atoms with Crippen LogP contribution in [0.2, 0.25) is 0 Å². The highest BCUT2D eigenvalue weighted by Crippen LogP contribution is 2.37. The zero-order valence-electron chi connectivity index (χ0n) is 12.7. The molecule has 0 aromatic heterocycles. The van der Waals surface area contributed by atoms with Gasteiger partial charge in [0.25, 0.3) is 0 Å². The SMILES string of the molecule is CCOc1nc2n(c3cccc1-3)CC(C(=O)c1ccccc1)=N2. The van der Waals surface area contributed by atoms with Crippen molar-refractivity contribution in [3.63, 3.8) is 0 Å². The van der Waals surface area contributed by atoms with Gasteiger partial charge in [-0.2, -0.15) is 4.98 Å². The molecule has 0 radical (unpaired) electrons. The molecule has 2 aliphatic heterocycles. The predicted octanol–water partition coefficient (Wildman–Crippen LogP) is 3.36. The average Bonchev–Trinajstić information content (AvgIpc) is 3.21. The Hall–Kier alpha value is -2.95. The van der Waals surface area contributed by atoms with Crippen LogP contribution in [0, 0.1) is 0 Å². The van der Waals surface area contributed by atoms with E-state index in [1.807, 2.05) is 47.9 Å². The molecule has 1 aromatic carbocycles. The van der Waals surface area contributed by atoms with E-state index in [1.54, 1.807) is 12.1 Å². The fourth-order valence-electron chi connectivity index (χ4n) is 2.82. The number of Topliss-reactive ketones (excluding diaryl/α,β-unsaturated/α-hetero) is 1. The standard InChI is InChI=1S/C18H15N3O2/c1-2-23-17-13-9-6-10-15(13)21-11-14(19-18(21)20-17)16(22)12-7-4-3-5-8-12/h3-10H,2,11H2,1H3. The highest BCUT2D eigenvalue weighted by atomic mass is 16.5. The lowest BCUT2D eigenvalue weighted by atomic mass is 10.1. The molecule has 5 heteroatoms. The summed E-state index contributed by atoms with van der Waals surface area (Å²) in [7, 11) is 0. The van der Waals surface area contributed by atoms with Crippen LogP contribution in [0.15, 0.2) is 53.5 Å². The summed E-state index contributed by atoms with van der Waals surface area (Å²) in [6.07, 6.45) is 0. The zero-order chi connectivity index (χ0) is 15.8. The molecule has 0 bridgehead atoms. The van der Waals surface area contributed by atoms with Gasteiger partial charge < -0.3 is 9.30 Å². The largest absolute Gasteiger partial charge is 0.477 e. The van der Waals surface area contributed by atoms with Crippen molar-refractivity contribution in [1.29, 1.82) is 0 Å². The Morgan fingerprint density at radius 2 is 2.00 bits per heavy atom. The number of hydrogen-bond acceptors (Lipinski definition) is 4. The van der Waals surface area contributed by atoms with E-state index in [0.29, 0.717) is 36.3 Å². The molecule has 0 atom stereocenters. The Morgan fingerprint density at radius 1 is 1.17 bits per heavy atom. The summed E-state index contributed by atoms with van der Waals surface area (Å²) in [4.78, 5) is 21.5. The number of rotatable bonds is 4. The molecule has 0 amide bonds. The van der Waals surface area contributed by atoms with Gasteiger partial charge in [0.05, 0.1) is 24.4 Å². The lowest BCUT2D eigenvalue weighted by molar-refractivity contribution is 0.106. The van der Waals surface area contributed by atoms with E-state index < -0.39 is 0 Å². The Bertz CT molecular complexity index is 881. The molecule has 3 aliphatic rings. The molecule has 0 saturated heterocycles. The van der Waals surface area contributed by atoms with Crippen molar-refractivity contribution in [2.75, 3.05) is 6.61 Å². The second-order valence-electron chi connectivity index (χ2n) is 5.31. The van der Waals surface area contributed by atoms with Crippen molar-refractivity contribution in [3.8, 4) is 17.1 Å². The van der Waals surface area contributed by atoms with Gasteiger partial charge in [0.15, 0.2) is 0 Å². The van der Waals surface area contributed by atoms with Crippen LogP contribution < -0.4 is 4.74 Å². The summed E-state index contributed by atoms with van der Waals surface area (Å²) in [6, 6.07) is 15.1. The van der Waals surface area contributed by atoms with Gasteiger partial charge in [-0.15, -0.1) is 0 Å². The maximum Gasteiger partial charge on any atom is 0.234 e. The quantitative estimate of drug-likeness (QED) is 0.695. The number of aromatic nitrogens is 2. The number of nitrogens with zero attached hydrogens (tertiary/aromatic N) is 3.